The Morgan fingerprint density at radius 2 is 1.86 bits per heavy atom. The van der Waals surface area contributed by atoms with Crippen molar-refractivity contribution in [2.75, 3.05) is 26.2 Å². The lowest BCUT2D eigenvalue weighted by Crippen LogP contribution is -2.67. The number of amides is 2. The van der Waals surface area contributed by atoms with Gasteiger partial charge in [0, 0.05) is 45.2 Å². The van der Waals surface area contributed by atoms with E-state index in [4.69, 9.17) is 4.74 Å². The maximum atomic E-state index is 14.2. The van der Waals surface area contributed by atoms with Crippen LogP contribution in [0.4, 0.5) is 13.6 Å². The van der Waals surface area contributed by atoms with Gasteiger partial charge in [0.05, 0.1) is 12.1 Å². The third-order valence-electron chi connectivity index (χ3n) is 7.57. The van der Waals surface area contributed by atoms with E-state index in [1.54, 1.807) is 11.8 Å². The van der Waals surface area contributed by atoms with E-state index in [1.165, 1.54) is 0 Å². The number of nitrogens with one attached hydrogen (secondary N) is 1. The summed E-state index contributed by atoms with van der Waals surface area (Å²) in [5, 5.41) is 2.30. The summed E-state index contributed by atoms with van der Waals surface area (Å²) >= 11 is 0. The van der Waals surface area contributed by atoms with Crippen LogP contribution >= 0.6 is 0 Å². The van der Waals surface area contributed by atoms with Crippen LogP contribution in [0.15, 0.2) is 18.2 Å². The number of halogens is 2. The van der Waals surface area contributed by atoms with Crippen molar-refractivity contribution in [3.63, 3.8) is 0 Å². The van der Waals surface area contributed by atoms with Crippen LogP contribution in [0.25, 0.3) is 0 Å². The first kappa shape index (κ1) is 25.8. The fourth-order valence-electron chi connectivity index (χ4n) is 6.22. The molecular weight excluding hydrogens is 454 g/mol. The van der Waals surface area contributed by atoms with E-state index in [1.807, 2.05) is 11.8 Å². The van der Waals surface area contributed by atoms with Crippen LogP contribution in [0.1, 0.15) is 53.9 Å². The van der Waals surface area contributed by atoms with Gasteiger partial charge in [-0.1, -0.05) is 20.8 Å². The number of ether oxygens (including phenoxy) is 1. The van der Waals surface area contributed by atoms with Gasteiger partial charge in [-0.15, -0.1) is 0 Å². The highest BCUT2D eigenvalue weighted by molar-refractivity contribution is 5.76. The van der Waals surface area contributed by atoms with Gasteiger partial charge in [0.2, 0.25) is 5.91 Å². The van der Waals surface area contributed by atoms with Crippen molar-refractivity contribution in [1.82, 2.24) is 20.2 Å². The second-order valence-corrected chi connectivity index (χ2v) is 11.6. The van der Waals surface area contributed by atoms with Crippen LogP contribution in [-0.2, 0) is 4.79 Å². The highest BCUT2D eigenvalue weighted by Gasteiger charge is 2.48. The van der Waals surface area contributed by atoms with Crippen molar-refractivity contribution in [2.24, 2.45) is 17.3 Å². The van der Waals surface area contributed by atoms with Crippen molar-refractivity contribution in [3.05, 3.63) is 29.8 Å². The lowest BCUT2D eigenvalue weighted by Gasteiger charge is -2.54. The number of hydrazine groups is 1. The van der Waals surface area contributed by atoms with Crippen LogP contribution in [0.5, 0.6) is 5.75 Å². The molecule has 3 aliphatic rings. The monoisotopic (exact) mass is 492 g/mol. The van der Waals surface area contributed by atoms with Gasteiger partial charge in [-0.2, -0.15) is 0 Å². The number of carbonyl (C=O) groups is 2. The molecule has 9 heteroatoms. The quantitative estimate of drug-likeness (QED) is 0.690. The Hall–Kier alpha value is -2.26. The number of piperazine rings is 1. The number of benzene rings is 1. The highest BCUT2D eigenvalue weighted by Crippen LogP contribution is 2.40. The second kappa shape index (κ2) is 10.0. The molecule has 4 unspecified atom stereocenters. The lowest BCUT2D eigenvalue weighted by molar-refractivity contribution is -0.142. The van der Waals surface area contributed by atoms with Crippen molar-refractivity contribution in [2.45, 2.75) is 72.0 Å². The van der Waals surface area contributed by atoms with Gasteiger partial charge in [0.15, 0.2) is 11.6 Å². The first-order valence-electron chi connectivity index (χ1n) is 12.6. The number of fused-ring (bicyclic) bond motifs is 1. The van der Waals surface area contributed by atoms with Crippen LogP contribution in [0.3, 0.4) is 0 Å². The van der Waals surface area contributed by atoms with Gasteiger partial charge < -0.3 is 14.5 Å². The van der Waals surface area contributed by atoms with Gasteiger partial charge in [0.1, 0.15) is 5.82 Å². The molecule has 2 aliphatic heterocycles. The summed E-state index contributed by atoms with van der Waals surface area (Å²) in [6.07, 6.45) is 1.91. The van der Waals surface area contributed by atoms with E-state index < -0.39 is 17.7 Å². The minimum absolute atomic E-state index is 0.00225. The number of carbonyl (C=O) groups excluding carboxylic acids is 2. The van der Waals surface area contributed by atoms with Gasteiger partial charge in [-0.25, -0.2) is 18.6 Å². The molecule has 2 heterocycles. The topological polar surface area (TPSA) is 65.1 Å². The Labute approximate surface area is 206 Å². The first-order valence-corrected chi connectivity index (χ1v) is 12.6. The summed E-state index contributed by atoms with van der Waals surface area (Å²) in [7, 11) is 0. The van der Waals surface area contributed by atoms with Crippen LogP contribution < -0.4 is 10.2 Å². The van der Waals surface area contributed by atoms with Gasteiger partial charge >= 0.3 is 6.09 Å². The molecule has 194 valence electrons. The number of nitrogens with zero attached hydrogens (tertiary/aromatic N) is 3. The second-order valence-electron chi connectivity index (χ2n) is 11.6. The molecule has 1 aromatic rings. The van der Waals surface area contributed by atoms with Crippen molar-refractivity contribution < 1.29 is 23.1 Å². The molecule has 0 aromatic heterocycles. The fourth-order valence-corrected chi connectivity index (χ4v) is 6.22. The summed E-state index contributed by atoms with van der Waals surface area (Å²) < 4.78 is 32.9. The Bertz CT molecular complexity index is 953. The van der Waals surface area contributed by atoms with Gasteiger partial charge in [-0.05, 0) is 55.6 Å². The molecular formula is C26H38F2N4O3. The van der Waals surface area contributed by atoms with Crippen LogP contribution in [-0.4, -0.2) is 71.1 Å². The molecule has 5 atom stereocenters. The molecule has 1 aromatic carbocycles. The molecule has 0 bridgehead atoms. The average molecular weight is 493 g/mol. The van der Waals surface area contributed by atoms with E-state index in [9.17, 15) is 18.4 Å². The Morgan fingerprint density at radius 1 is 1.11 bits per heavy atom. The summed E-state index contributed by atoms with van der Waals surface area (Å²) in [4.78, 5) is 29.3. The maximum Gasteiger partial charge on any atom is 0.415 e. The van der Waals surface area contributed by atoms with Crippen molar-refractivity contribution >= 4 is 12.0 Å². The van der Waals surface area contributed by atoms with E-state index in [0.29, 0.717) is 24.4 Å². The van der Waals surface area contributed by atoms with Gasteiger partial charge in [0.25, 0.3) is 0 Å². The maximum absolute atomic E-state index is 14.2. The Morgan fingerprint density at radius 3 is 2.51 bits per heavy atom. The standard InChI is InChI=1S/C26H38F2N4O3/c1-16-13-31(25(34)35-24-9-7-20(27)11-21(24)28)23-10-18(6-8-22(23)32(16)17(2)33)19-12-29-30(14-19)15-26(3,4)5/h7,9,11,16,18-19,22-23,29H,6,8,10,12-15H2,1-5H3/t16-,18?,19?,22?,23?/m0/s1. The first-order chi connectivity index (χ1) is 16.4. The summed E-state index contributed by atoms with van der Waals surface area (Å²) in [5.74, 6) is -1.08. The third kappa shape index (κ3) is 5.77. The largest absolute Gasteiger partial charge is 0.415 e. The zero-order chi connectivity index (χ0) is 25.5. The highest BCUT2D eigenvalue weighted by atomic mass is 19.1. The molecule has 1 N–H and O–H groups in total. The number of hydrogen-bond acceptors (Lipinski definition) is 5. The molecule has 2 amide bonds. The molecule has 4 rings (SSSR count). The molecule has 35 heavy (non-hydrogen) atoms. The summed E-state index contributed by atoms with van der Waals surface area (Å²) in [5.41, 5.74) is 3.73. The minimum atomic E-state index is -0.914. The SMILES string of the molecule is CC(=O)N1C2CCC(C3CNN(CC(C)(C)C)C3)CC2N(C(=O)Oc2ccc(F)cc2F)C[C@@H]1C. The molecule has 1 aliphatic carbocycles. The molecule has 1 saturated carbocycles. The van der Waals surface area contributed by atoms with E-state index in [2.05, 4.69) is 31.2 Å². The predicted octanol–water partition coefficient (Wildman–Crippen LogP) is 4.04. The van der Waals surface area contributed by atoms with E-state index in [-0.39, 0.29) is 35.2 Å². The van der Waals surface area contributed by atoms with Crippen LogP contribution in [0, 0.1) is 28.9 Å². The molecule has 0 radical (unpaired) electrons. The minimum Gasteiger partial charge on any atom is -0.407 e. The van der Waals surface area contributed by atoms with Crippen molar-refractivity contribution in [1.29, 1.82) is 0 Å². The average Bonchev–Trinajstić information content (AvgIpc) is 3.21. The van der Waals surface area contributed by atoms with Crippen molar-refractivity contribution in [3.8, 4) is 5.75 Å². The number of rotatable bonds is 3. The normalized spacial score (nSPS) is 29.7. The summed E-state index contributed by atoms with van der Waals surface area (Å²) in [6.45, 7) is 13.3. The summed E-state index contributed by atoms with van der Waals surface area (Å²) in [6, 6.07) is 2.42. The Balaban J connectivity index is 1.51. The smallest absolute Gasteiger partial charge is 0.407 e. The molecule has 2 saturated heterocycles. The fraction of sp³-hybridized carbons (Fsp3) is 0.692. The van der Waals surface area contributed by atoms with Gasteiger partial charge in [-0.3, -0.25) is 10.2 Å². The van der Waals surface area contributed by atoms with Crippen LogP contribution in [0.2, 0.25) is 0 Å². The number of hydrogen-bond donors (Lipinski definition) is 1. The zero-order valence-electron chi connectivity index (χ0n) is 21.4. The molecule has 7 nitrogen and oxygen atoms in total. The molecule has 0 spiro atoms. The molecule has 3 fully saturated rings. The lowest BCUT2D eigenvalue weighted by atomic mass is 9.73. The predicted molar refractivity (Wildman–Crippen MR) is 129 cm³/mol. The Kier molecular flexibility index (Phi) is 7.38. The third-order valence-corrected chi connectivity index (χ3v) is 7.57. The van der Waals surface area contributed by atoms with E-state index in [0.717, 1.165) is 51.0 Å². The van der Waals surface area contributed by atoms with E-state index >= 15 is 0 Å². The zero-order valence-corrected chi connectivity index (χ0v) is 21.4.